The monoisotopic (exact) mass is 286 g/mol. The number of benzene rings is 2. The van der Waals surface area contributed by atoms with Gasteiger partial charge >= 0.3 is 0 Å². The van der Waals surface area contributed by atoms with Crippen LogP contribution in [-0.2, 0) is 0 Å². The van der Waals surface area contributed by atoms with Crippen LogP contribution in [0, 0.1) is 13.8 Å². The summed E-state index contributed by atoms with van der Waals surface area (Å²) in [5.41, 5.74) is 2.82. The molecule has 104 valence electrons. The zero-order valence-corrected chi connectivity index (χ0v) is 12.8. The first-order valence-corrected chi connectivity index (χ1v) is 7.70. The fourth-order valence-corrected chi connectivity index (χ4v) is 2.34. The lowest BCUT2D eigenvalue weighted by Crippen LogP contribution is -2.13. The molecule has 2 aromatic rings. The number of thioether (sulfide) groups is 1. The molecule has 0 aliphatic heterocycles. The molecule has 0 fully saturated rings. The van der Waals surface area contributed by atoms with Gasteiger partial charge < -0.3 is 4.74 Å². The Kier molecular flexibility index (Phi) is 4.85. The topological polar surface area (TPSA) is 26.3 Å². The van der Waals surface area contributed by atoms with Crippen molar-refractivity contribution in [3.8, 4) is 5.75 Å². The lowest BCUT2D eigenvalue weighted by atomic mass is 10.0. The maximum absolute atomic E-state index is 12.2. The molecule has 0 spiro atoms. The van der Waals surface area contributed by atoms with Crippen molar-refractivity contribution in [1.29, 1.82) is 0 Å². The number of carbonyl (C=O) groups excluding carboxylic acids is 1. The molecule has 2 aromatic carbocycles. The molecule has 0 aliphatic rings. The van der Waals surface area contributed by atoms with Crippen LogP contribution < -0.4 is 4.74 Å². The molecule has 20 heavy (non-hydrogen) atoms. The summed E-state index contributed by atoms with van der Waals surface area (Å²) < 4.78 is 5.56. The molecule has 2 nitrogen and oxygen atoms in total. The summed E-state index contributed by atoms with van der Waals surface area (Å²) in [5.74, 6) is 0.738. The van der Waals surface area contributed by atoms with Gasteiger partial charge in [0.25, 0.3) is 0 Å². The van der Waals surface area contributed by atoms with Crippen molar-refractivity contribution >= 4 is 17.5 Å². The molecule has 0 bridgehead atoms. The predicted molar refractivity (Wildman–Crippen MR) is 84.0 cm³/mol. The molecule has 3 heteroatoms. The first kappa shape index (κ1) is 14.7. The van der Waals surface area contributed by atoms with E-state index in [0.717, 1.165) is 22.4 Å². The van der Waals surface area contributed by atoms with Crippen LogP contribution in [0.15, 0.2) is 47.4 Å². The predicted octanol–water partition coefficient (Wildman–Crippen LogP) is 4.29. The van der Waals surface area contributed by atoms with Gasteiger partial charge in [-0.1, -0.05) is 17.7 Å². The van der Waals surface area contributed by atoms with E-state index < -0.39 is 0 Å². The van der Waals surface area contributed by atoms with Crippen LogP contribution in [0.1, 0.15) is 21.5 Å². The van der Waals surface area contributed by atoms with Gasteiger partial charge in [0.1, 0.15) is 5.75 Å². The Morgan fingerprint density at radius 2 is 1.80 bits per heavy atom. The Labute approximate surface area is 124 Å². The summed E-state index contributed by atoms with van der Waals surface area (Å²) in [6, 6.07) is 13.6. The van der Waals surface area contributed by atoms with Crippen LogP contribution in [0.5, 0.6) is 5.75 Å². The number of ketones is 1. The van der Waals surface area contributed by atoms with E-state index in [4.69, 9.17) is 4.74 Å². The van der Waals surface area contributed by atoms with Gasteiger partial charge in [0.15, 0.2) is 12.4 Å². The van der Waals surface area contributed by atoms with Crippen LogP contribution in [-0.4, -0.2) is 18.6 Å². The smallest absolute Gasteiger partial charge is 0.200 e. The second kappa shape index (κ2) is 6.62. The van der Waals surface area contributed by atoms with Crippen molar-refractivity contribution in [3.63, 3.8) is 0 Å². The van der Waals surface area contributed by atoms with E-state index in [1.165, 1.54) is 4.90 Å². The summed E-state index contributed by atoms with van der Waals surface area (Å²) in [7, 11) is 0. The summed E-state index contributed by atoms with van der Waals surface area (Å²) in [5, 5.41) is 0. The quantitative estimate of drug-likeness (QED) is 0.606. The highest BCUT2D eigenvalue weighted by atomic mass is 32.2. The van der Waals surface area contributed by atoms with Gasteiger partial charge in [0.2, 0.25) is 0 Å². The van der Waals surface area contributed by atoms with Crippen LogP contribution in [0.2, 0.25) is 0 Å². The first-order valence-electron chi connectivity index (χ1n) is 6.47. The van der Waals surface area contributed by atoms with E-state index in [1.807, 2.05) is 62.6 Å². The van der Waals surface area contributed by atoms with Gasteiger partial charge in [-0.05, 0) is 56.0 Å². The Morgan fingerprint density at radius 1 is 1.10 bits per heavy atom. The lowest BCUT2D eigenvalue weighted by Gasteiger charge is -2.08. The molecule has 0 saturated carbocycles. The Hall–Kier alpha value is -1.74. The third-order valence-electron chi connectivity index (χ3n) is 3.12. The number of ether oxygens (including phenoxy) is 1. The minimum Gasteiger partial charge on any atom is -0.485 e. The number of Topliss-reactive ketones (excluding diaryl/α,β-unsaturated/α-hetero) is 1. The number of hydrogen-bond acceptors (Lipinski definition) is 3. The van der Waals surface area contributed by atoms with Crippen LogP contribution in [0.3, 0.4) is 0 Å². The molecular weight excluding hydrogens is 268 g/mol. The number of hydrogen-bond donors (Lipinski definition) is 0. The van der Waals surface area contributed by atoms with Crippen molar-refractivity contribution in [2.75, 3.05) is 12.9 Å². The van der Waals surface area contributed by atoms with Crippen LogP contribution >= 0.6 is 11.8 Å². The average Bonchev–Trinajstić information content (AvgIpc) is 2.47. The number of carbonyl (C=O) groups is 1. The van der Waals surface area contributed by atoms with Crippen molar-refractivity contribution in [3.05, 3.63) is 59.2 Å². The third-order valence-corrected chi connectivity index (χ3v) is 3.87. The highest BCUT2D eigenvalue weighted by molar-refractivity contribution is 7.98. The van der Waals surface area contributed by atoms with E-state index in [1.54, 1.807) is 11.8 Å². The molecule has 0 amide bonds. The van der Waals surface area contributed by atoms with Gasteiger partial charge in [-0.3, -0.25) is 4.79 Å². The van der Waals surface area contributed by atoms with Crippen molar-refractivity contribution < 1.29 is 9.53 Å². The Bertz CT molecular complexity index is 603. The van der Waals surface area contributed by atoms with Gasteiger partial charge in [-0.15, -0.1) is 11.8 Å². The Morgan fingerprint density at radius 3 is 2.45 bits per heavy atom. The average molecular weight is 286 g/mol. The zero-order chi connectivity index (χ0) is 14.5. The van der Waals surface area contributed by atoms with E-state index in [-0.39, 0.29) is 12.4 Å². The number of aryl methyl sites for hydroxylation is 2. The molecule has 0 aromatic heterocycles. The fourth-order valence-electron chi connectivity index (χ4n) is 1.93. The third kappa shape index (κ3) is 3.64. The maximum atomic E-state index is 12.2. The standard InChI is InChI=1S/C17H18O2S/c1-12-4-5-13(2)16(10-12)17(18)11-19-14-6-8-15(20-3)9-7-14/h4-10H,11H2,1-3H3. The molecule has 2 rings (SSSR count). The largest absolute Gasteiger partial charge is 0.485 e. The summed E-state index contributed by atoms with van der Waals surface area (Å²) >= 11 is 1.68. The highest BCUT2D eigenvalue weighted by Crippen LogP contribution is 2.19. The van der Waals surface area contributed by atoms with E-state index in [0.29, 0.717) is 0 Å². The van der Waals surface area contributed by atoms with Gasteiger partial charge in [-0.2, -0.15) is 0 Å². The molecule has 0 heterocycles. The van der Waals surface area contributed by atoms with E-state index in [2.05, 4.69) is 0 Å². The molecule has 0 aliphatic carbocycles. The van der Waals surface area contributed by atoms with Crippen LogP contribution in [0.25, 0.3) is 0 Å². The summed E-state index contributed by atoms with van der Waals surface area (Å²) in [4.78, 5) is 13.4. The van der Waals surface area contributed by atoms with Crippen LogP contribution in [0.4, 0.5) is 0 Å². The minimum atomic E-state index is 0.0140. The van der Waals surface area contributed by atoms with Gasteiger partial charge in [0, 0.05) is 10.5 Å². The highest BCUT2D eigenvalue weighted by Gasteiger charge is 2.10. The number of rotatable bonds is 5. The zero-order valence-electron chi connectivity index (χ0n) is 12.0. The molecule has 0 saturated heterocycles. The first-order chi connectivity index (χ1) is 9.60. The summed E-state index contributed by atoms with van der Waals surface area (Å²) in [6.07, 6.45) is 2.03. The second-order valence-corrected chi connectivity index (χ2v) is 5.59. The normalized spacial score (nSPS) is 10.3. The lowest BCUT2D eigenvalue weighted by molar-refractivity contribution is 0.0921. The molecule has 0 N–H and O–H groups in total. The van der Waals surface area contributed by atoms with Crippen molar-refractivity contribution in [2.45, 2.75) is 18.7 Å². The maximum Gasteiger partial charge on any atom is 0.200 e. The van der Waals surface area contributed by atoms with E-state index in [9.17, 15) is 4.79 Å². The summed E-state index contributed by atoms with van der Waals surface area (Å²) in [6.45, 7) is 4.00. The van der Waals surface area contributed by atoms with Crippen molar-refractivity contribution in [2.24, 2.45) is 0 Å². The minimum absolute atomic E-state index is 0.0140. The van der Waals surface area contributed by atoms with Crippen molar-refractivity contribution in [1.82, 2.24) is 0 Å². The second-order valence-electron chi connectivity index (χ2n) is 4.71. The van der Waals surface area contributed by atoms with E-state index >= 15 is 0 Å². The Balaban J connectivity index is 2.02. The molecule has 0 unspecified atom stereocenters. The molecular formula is C17H18O2S. The molecule has 0 atom stereocenters. The fraction of sp³-hybridized carbons (Fsp3) is 0.235. The van der Waals surface area contributed by atoms with Gasteiger partial charge in [0.05, 0.1) is 0 Å². The SMILES string of the molecule is CSc1ccc(OCC(=O)c2cc(C)ccc2C)cc1. The van der Waals surface area contributed by atoms with Gasteiger partial charge in [-0.25, -0.2) is 0 Å². The molecule has 0 radical (unpaired) electrons.